The van der Waals surface area contributed by atoms with E-state index in [1.165, 1.54) is 6.92 Å². The average molecular weight is 314 g/mol. The van der Waals surface area contributed by atoms with Crippen LogP contribution < -0.4 is 16.0 Å². The second-order valence-corrected chi connectivity index (χ2v) is 4.27. The molecule has 0 radical (unpaired) electrons. The normalized spacial score (nSPS) is 12.0. The van der Waals surface area contributed by atoms with Crippen LogP contribution in [-0.4, -0.2) is 24.5 Å². The second-order valence-electron chi connectivity index (χ2n) is 4.27. The second kappa shape index (κ2) is 7.31. The lowest BCUT2D eigenvalue weighted by Gasteiger charge is -2.14. The summed E-state index contributed by atoms with van der Waals surface area (Å²) >= 11 is 0. The van der Waals surface area contributed by atoms with Gasteiger partial charge >= 0.3 is 12.2 Å². The number of alkyl halides is 3. The molecule has 9 heteroatoms. The predicted octanol–water partition coefficient (Wildman–Crippen LogP) is 1.86. The van der Waals surface area contributed by atoms with Crippen LogP contribution in [0, 0.1) is 11.3 Å². The first-order valence-corrected chi connectivity index (χ1v) is 6.13. The highest BCUT2D eigenvalue weighted by Crippen LogP contribution is 2.29. The van der Waals surface area contributed by atoms with Crippen LogP contribution in [0.4, 0.5) is 23.7 Å². The molecule has 6 nitrogen and oxygen atoms in total. The predicted molar refractivity (Wildman–Crippen MR) is 71.7 cm³/mol. The number of carbonyl (C=O) groups is 2. The molecule has 1 atom stereocenters. The van der Waals surface area contributed by atoms with E-state index in [9.17, 15) is 22.8 Å². The van der Waals surface area contributed by atoms with Crippen molar-refractivity contribution >= 4 is 17.6 Å². The smallest absolute Gasteiger partial charge is 0.341 e. The molecule has 0 aliphatic carbocycles. The van der Waals surface area contributed by atoms with Crippen LogP contribution in [0.1, 0.15) is 12.5 Å². The van der Waals surface area contributed by atoms with Crippen molar-refractivity contribution in [2.45, 2.75) is 19.1 Å². The fraction of sp³-hybridized carbons (Fsp3) is 0.308. The first-order valence-electron chi connectivity index (χ1n) is 6.13. The third-order valence-electron chi connectivity index (χ3n) is 2.55. The third-order valence-corrected chi connectivity index (χ3v) is 2.55. The third kappa shape index (κ3) is 5.32. The Bertz CT molecular complexity index is 578. The summed E-state index contributed by atoms with van der Waals surface area (Å²) in [5.74, 6) is -0.552. The number of amides is 3. The molecular formula is C13H13F3N4O2. The Morgan fingerprint density at radius 3 is 2.36 bits per heavy atom. The Morgan fingerprint density at radius 1 is 1.27 bits per heavy atom. The lowest BCUT2D eigenvalue weighted by molar-refractivity contribution is -0.137. The molecule has 0 aliphatic heterocycles. The van der Waals surface area contributed by atoms with E-state index in [0.717, 1.165) is 24.3 Å². The van der Waals surface area contributed by atoms with Crippen molar-refractivity contribution in [2.75, 3.05) is 11.9 Å². The van der Waals surface area contributed by atoms with E-state index < -0.39 is 29.7 Å². The van der Waals surface area contributed by atoms with Gasteiger partial charge in [0.15, 0.2) is 0 Å². The molecule has 3 amide bonds. The SMILES string of the molecule is CC(NC(=O)Nc1ccc(C(F)(F)F)cc1)C(=O)NCC#N. The first kappa shape index (κ1) is 17.3. The summed E-state index contributed by atoms with van der Waals surface area (Å²) in [7, 11) is 0. The summed E-state index contributed by atoms with van der Waals surface area (Å²) in [6.07, 6.45) is -4.45. The first-order chi connectivity index (χ1) is 10.2. The monoisotopic (exact) mass is 314 g/mol. The number of hydrogen-bond acceptors (Lipinski definition) is 3. The maximum Gasteiger partial charge on any atom is 0.416 e. The van der Waals surface area contributed by atoms with E-state index in [4.69, 9.17) is 5.26 Å². The molecule has 1 aromatic carbocycles. The molecule has 1 unspecified atom stereocenters. The summed E-state index contributed by atoms with van der Waals surface area (Å²) in [4.78, 5) is 23.0. The molecule has 0 saturated carbocycles. The zero-order chi connectivity index (χ0) is 16.8. The van der Waals surface area contributed by atoms with Gasteiger partial charge in [0.2, 0.25) is 5.91 Å². The van der Waals surface area contributed by atoms with Crippen molar-refractivity contribution in [3.8, 4) is 6.07 Å². The van der Waals surface area contributed by atoms with Crippen molar-refractivity contribution in [1.82, 2.24) is 10.6 Å². The maximum atomic E-state index is 12.4. The molecule has 3 N–H and O–H groups in total. The molecule has 0 spiro atoms. The van der Waals surface area contributed by atoms with Gasteiger partial charge in [0.1, 0.15) is 12.6 Å². The number of nitrogens with zero attached hydrogens (tertiary/aromatic N) is 1. The van der Waals surface area contributed by atoms with Gasteiger partial charge in [0, 0.05) is 5.69 Å². The van der Waals surface area contributed by atoms with Crippen LogP contribution in [0.5, 0.6) is 0 Å². The van der Waals surface area contributed by atoms with E-state index in [-0.39, 0.29) is 12.2 Å². The fourth-order valence-electron chi connectivity index (χ4n) is 1.45. The summed E-state index contributed by atoms with van der Waals surface area (Å²) in [6.45, 7) is 1.21. The number of rotatable bonds is 4. The zero-order valence-corrected chi connectivity index (χ0v) is 11.5. The van der Waals surface area contributed by atoms with Crippen molar-refractivity contribution in [3.05, 3.63) is 29.8 Å². The number of nitrogens with one attached hydrogen (secondary N) is 3. The van der Waals surface area contributed by atoms with Gasteiger partial charge in [-0.15, -0.1) is 0 Å². The summed E-state index contributed by atoms with van der Waals surface area (Å²) in [5, 5.41) is 15.2. The van der Waals surface area contributed by atoms with Crippen LogP contribution in [0.25, 0.3) is 0 Å². The van der Waals surface area contributed by atoms with Crippen LogP contribution in [0.15, 0.2) is 24.3 Å². The zero-order valence-electron chi connectivity index (χ0n) is 11.5. The van der Waals surface area contributed by atoms with Crippen LogP contribution in [-0.2, 0) is 11.0 Å². The maximum absolute atomic E-state index is 12.4. The lowest BCUT2D eigenvalue weighted by Crippen LogP contribution is -2.46. The molecule has 118 valence electrons. The summed E-state index contributed by atoms with van der Waals surface area (Å²) < 4.78 is 37.1. The van der Waals surface area contributed by atoms with E-state index >= 15 is 0 Å². The average Bonchev–Trinajstić information content (AvgIpc) is 2.44. The van der Waals surface area contributed by atoms with E-state index in [2.05, 4.69) is 16.0 Å². The Hall–Kier alpha value is -2.76. The molecular weight excluding hydrogens is 301 g/mol. The number of carbonyl (C=O) groups excluding carboxylic acids is 2. The van der Waals surface area contributed by atoms with Gasteiger partial charge in [-0.3, -0.25) is 4.79 Å². The van der Waals surface area contributed by atoms with Gasteiger partial charge in [-0.1, -0.05) is 0 Å². The standard InChI is InChI=1S/C13H13F3N4O2/c1-8(11(21)18-7-6-17)19-12(22)20-10-4-2-9(3-5-10)13(14,15)16/h2-5,8H,7H2,1H3,(H,18,21)(H2,19,20,22). The van der Waals surface area contributed by atoms with Gasteiger partial charge in [-0.25, -0.2) is 4.79 Å². The van der Waals surface area contributed by atoms with Crippen molar-refractivity contribution in [2.24, 2.45) is 0 Å². The number of benzene rings is 1. The molecule has 1 rings (SSSR count). The molecule has 1 aromatic rings. The molecule has 0 fully saturated rings. The largest absolute Gasteiger partial charge is 0.416 e. The number of nitriles is 1. The number of halogens is 3. The molecule has 0 bridgehead atoms. The number of hydrogen-bond donors (Lipinski definition) is 3. The fourth-order valence-corrected chi connectivity index (χ4v) is 1.45. The van der Waals surface area contributed by atoms with Gasteiger partial charge in [-0.2, -0.15) is 18.4 Å². The van der Waals surface area contributed by atoms with Gasteiger partial charge in [0.25, 0.3) is 0 Å². The molecule has 22 heavy (non-hydrogen) atoms. The highest BCUT2D eigenvalue weighted by molar-refractivity contribution is 5.93. The number of urea groups is 1. The van der Waals surface area contributed by atoms with Crippen LogP contribution >= 0.6 is 0 Å². The Morgan fingerprint density at radius 2 is 1.86 bits per heavy atom. The molecule has 0 aromatic heterocycles. The van der Waals surface area contributed by atoms with E-state index in [1.54, 1.807) is 6.07 Å². The van der Waals surface area contributed by atoms with E-state index in [1.807, 2.05) is 0 Å². The van der Waals surface area contributed by atoms with Gasteiger partial charge in [-0.05, 0) is 31.2 Å². The van der Waals surface area contributed by atoms with Crippen molar-refractivity contribution in [3.63, 3.8) is 0 Å². The summed E-state index contributed by atoms with van der Waals surface area (Å²) in [5.41, 5.74) is -0.683. The minimum Gasteiger partial charge on any atom is -0.341 e. The minimum absolute atomic E-state index is 0.148. The summed E-state index contributed by atoms with van der Waals surface area (Å²) in [6, 6.07) is 3.93. The Balaban J connectivity index is 2.55. The topological polar surface area (TPSA) is 94.0 Å². The van der Waals surface area contributed by atoms with Crippen molar-refractivity contribution in [1.29, 1.82) is 5.26 Å². The number of anilines is 1. The van der Waals surface area contributed by atoms with Gasteiger partial charge < -0.3 is 16.0 Å². The molecule has 0 aliphatic rings. The van der Waals surface area contributed by atoms with Crippen LogP contribution in [0.3, 0.4) is 0 Å². The van der Waals surface area contributed by atoms with Crippen molar-refractivity contribution < 1.29 is 22.8 Å². The van der Waals surface area contributed by atoms with E-state index in [0.29, 0.717) is 0 Å². The Labute approximate surface area is 124 Å². The lowest BCUT2D eigenvalue weighted by atomic mass is 10.2. The minimum atomic E-state index is -4.45. The highest BCUT2D eigenvalue weighted by atomic mass is 19.4. The molecule has 0 saturated heterocycles. The highest BCUT2D eigenvalue weighted by Gasteiger charge is 2.30. The quantitative estimate of drug-likeness (QED) is 0.740. The van der Waals surface area contributed by atoms with Gasteiger partial charge in [0.05, 0.1) is 11.6 Å². The van der Waals surface area contributed by atoms with Crippen LogP contribution in [0.2, 0.25) is 0 Å². The Kier molecular flexibility index (Phi) is 5.74. The molecule has 0 heterocycles.